The van der Waals surface area contributed by atoms with Gasteiger partial charge in [-0.25, -0.2) is 14.4 Å². The maximum atomic E-state index is 13.5. The van der Waals surface area contributed by atoms with Crippen molar-refractivity contribution >= 4 is 35.3 Å². The first-order chi connectivity index (χ1) is 16.4. The van der Waals surface area contributed by atoms with Gasteiger partial charge in [0, 0.05) is 38.4 Å². The van der Waals surface area contributed by atoms with Gasteiger partial charge in [-0.2, -0.15) is 0 Å². The van der Waals surface area contributed by atoms with Crippen molar-refractivity contribution in [1.82, 2.24) is 20.0 Å². The highest BCUT2D eigenvalue weighted by Gasteiger charge is 2.49. The lowest BCUT2D eigenvalue weighted by molar-refractivity contribution is -0.539. The van der Waals surface area contributed by atoms with Gasteiger partial charge in [-0.05, 0) is 25.7 Å². The molecule has 2 unspecified atom stereocenters. The second kappa shape index (κ2) is 9.28. The molecule has 0 aromatic heterocycles. The van der Waals surface area contributed by atoms with Crippen LogP contribution in [-0.2, 0) is 19.1 Å². The van der Waals surface area contributed by atoms with Crippen molar-refractivity contribution in [2.45, 2.75) is 31.8 Å². The summed E-state index contributed by atoms with van der Waals surface area (Å²) in [5.74, 6) is -0.835. The normalized spacial score (nSPS) is 27.2. The van der Waals surface area contributed by atoms with Gasteiger partial charge in [0.1, 0.15) is 12.4 Å². The molecule has 0 bridgehead atoms. The molecule has 4 heterocycles. The lowest BCUT2D eigenvalue weighted by atomic mass is 9.94. The van der Waals surface area contributed by atoms with Gasteiger partial charge in [0.2, 0.25) is 11.8 Å². The molecule has 0 aromatic rings. The van der Waals surface area contributed by atoms with E-state index in [0.29, 0.717) is 45.2 Å². The molecule has 2 atom stereocenters. The molecule has 5 aliphatic rings. The Morgan fingerprint density at radius 2 is 1.97 bits per heavy atom. The van der Waals surface area contributed by atoms with Crippen molar-refractivity contribution in [2.24, 2.45) is 16.8 Å². The van der Waals surface area contributed by atoms with Gasteiger partial charge in [0.25, 0.3) is 5.91 Å². The molecule has 0 aromatic carbocycles. The van der Waals surface area contributed by atoms with Crippen LogP contribution in [-0.4, -0.2) is 114 Å². The van der Waals surface area contributed by atoms with Crippen LogP contribution in [0.15, 0.2) is 17.3 Å². The zero-order valence-corrected chi connectivity index (χ0v) is 19.4. The number of urea groups is 1. The SMILES string of the molecule is CN1C(=O)N(CC(=O)NCC2CCCO2)C(=O)C2C1=NC=CC2=[N+]1CCN(C(=O)C2CC2)CC1. The highest BCUT2D eigenvalue weighted by Crippen LogP contribution is 2.31. The molecule has 11 heteroatoms. The largest absolute Gasteiger partial charge is 0.376 e. The molecule has 3 saturated heterocycles. The van der Waals surface area contributed by atoms with Gasteiger partial charge in [-0.1, -0.05) is 0 Å². The zero-order chi connectivity index (χ0) is 23.8. The molecule has 5 rings (SSSR count). The van der Waals surface area contributed by atoms with E-state index in [9.17, 15) is 19.2 Å². The van der Waals surface area contributed by atoms with Crippen LogP contribution in [0.2, 0.25) is 0 Å². The molecule has 5 amide bonds. The lowest BCUT2D eigenvalue weighted by Gasteiger charge is -2.37. The second-order valence-electron chi connectivity index (χ2n) is 9.45. The number of piperazine rings is 1. The number of fused-ring (bicyclic) bond motifs is 1. The van der Waals surface area contributed by atoms with Crippen molar-refractivity contribution < 1.29 is 28.5 Å². The van der Waals surface area contributed by atoms with E-state index in [0.717, 1.165) is 36.3 Å². The topological polar surface area (TPSA) is 115 Å². The Kier molecular flexibility index (Phi) is 6.20. The number of ether oxygens (including phenoxy) is 1. The zero-order valence-electron chi connectivity index (χ0n) is 19.4. The van der Waals surface area contributed by atoms with Crippen LogP contribution in [0.4, 0.5) is 4.79 Å². The van der Waals surface area contributed by atoms with E-state index < -0.39 is 23.8 Å². The molecule has 1 N–H and O–H groups in total. The van der Waals surface area contributed by atoms with E-state index in [-0.39, 0.29) is 24.5 Å². The summed E-state index contributed by atoms with van der Waals surface area (Å²) in [6.07, 6.45) is 7.18. The van der Waals surface area contributed by atoms with Crippen LogP contribution in [0, 0.1) is 11.8 Å². The van der Waals surface area contributed by atoms with Crippen molar-refractivity contribution in [3.63, 3.8) is 0 Å². The Hall–Kier alpha value is -3.08. The summed E-state index contributed by atoms with van der Waals surface area (Å²) < 4.78 is 7.60. The molecule has 34 heavy (non-hydrogen) atoms. The molecule has 4 aliphatic heterocycles. The summed E-state index contributed by atoms with van der Waals surface area (Å²) in [5, 5.41) is 2.78. The summed E-state index contributed by atoms with van der Waals surface area (Å²) in [5.41, 5.74) is 0.748. The molecule has 4 fully saturated rings. The predicted octanol–water partition coefficient (Wildman–Crippen LogP) is -0.577. The second-order valence-corrected chi connectivity index (χ2v) is 9.45. The third kappa shape index (κ3) is 4.36. The van der Waals surface area contributed by atoms with Gasteiger partial charge in [0.05, 0.1) is 19.2 Å². The monoisotopic (exact) mass is 471 g/mol. The van der Waals surface area contributed by atoms with E-state index in [4.69, 9.17) is 4.74 Å². The van der Waals surface area contributed by atoms with Gasteiger partial charge >= 0.3 is 6.03 Å². The van der Waals surface area contributed by atoms with Crippen LogP contribution >= 0.6 is 0 Å². The maximum Gasteiger partial charge on any atom is 0.332 e. The fourth-order valence-electron chi connectivity index (χ4n) is 4.98. The minimum Gasteiger partial charge on any atom is -0.376 e. The summed E-state index contributed by atoms with van der Waals surface area (Å²) in [6, 6.07) is -0.568. The van der Waals surface area contributed by atoms with Gasteiger partial charge < -0.3 is 15.0 Å². The number of imide groups is 1. The predicted molar refractivity (Wildman–Crippen MR) is 121 cm³/mol. The summed E-state index contributed by atoms with van der Waals surface area (Å²) in [6.45, 7) is 3.12. The molecule has 1 aliphatic carbocycles. The highest BCUT2D eigenvalue weighted by molar-refractivity contribution is 6.31. The molecule has 1 saturated carbocycles. The van der Waals surface area contributed by atoms with E-state index in [1.807, 2.05) is 4.90 Å². The van der Waals surface area contributed by atoms with E-state index in [2.05, 4.69) is 14.9 Å². The minimum absolute atomic E-state index is 0.0213. The number of hydrogen-bond donors (Lipinski definition) is 1. The molecule has 182 valence electrons. The first-order valence-corrected chi connectivity index (χ1v) is 12.1. The number of nitrogens with one attached hydrogen (secondary N) is 1. The Balaban J connectivity index is 1.29. The van der Waals surface area contributed by atoms with Crippen molar-refractivity contribution in [2.75, 3.05) is 52.9 Å². The summed E-state index contributed by atoms with van der Waals surface area (Å²) in [4.78, 5) is 59.9. The lowest BCUT2D eigenvalue weighted by Crippen LogP contribution is -2.63. The average molecular weight is 472 g/mol. The molecular formula is C23H31N6O5+. The Morgan fingerprint density at radius 1 is 1.21 bits per heavy atom. The standard InChI is InChI=1S/C23H30N6O5/c1-26-20-19(22(32)29(23(26)33)14-18(30)25-13-16-3-2-12-34-16)17(6-7-24-20)27-8-10-28(11-9-27)21(31)15-4-5-15/h6-7,15-16,19H,2-5,8-14H2,1H3/p+1. The van der Waals surface area contributed by atoms with Crippen LogP contribution in [0.3, 0.4) is 0 Å². The highest BCUT2D eigenvalue weighted by atomic mass is 16.5. The first kappa shape index (κ1) is 22.7. The van der Waals surface area contributed by atoms with Crippen LogP contribution in [0.1, 0.15) is 25.7 Å². The summed E-state index contributed by atoms with van der Waals surface area (Å²) in [7, 11) is 1.57. The fourth-order valence-corrected chi connectivity index (χ4v) is 4.98. The quantitative estimate of drug-likeness (QED) is 0.539. The van der Waals surface area contributed by atoms with E-state index in [1.54, 1.807) is 19.3 Å². The number of hydrogen-bond acceptors (Lipinski definition) is 6. The number of amides is 5. The molecule has 0 spiro atoms. The van der Waals surface area contributed by atoms with Crippen LogP contribution in [0.5, 0.6) is 0 Å². The average Bonchev–Trinajstić information content (AvgIpc) is 3.58. The van der Waals surface area contributed by atoms with E-state index in [1.165, 1.54) is 4.90 Å². The number of nitrogens with zero attached hydrogens (tertiary/aromatic N) is 5. The summed E-state index contributed by atoms with van der Waals surface area (Å²) >= 11 is 0. The van der Waals surface area contributed by atoms with Gasteiger partial charge in [-0.3, -0.25) is 24.2 Å². The first-order valence-electron chi connectivity index (χ1n) is 12.1. The smallest absolute Gasteiger partial charge is 0.332 e. The number of carbonyl (C=O) groups is 4. The molecule has 0 radical (unpaired) electrons. The number of aliphatic imine (C=N–C) groups is 1. The van der Waals surface area contributed by atoms with Crippen molar-refractivity contribution in [1.29, 1.82) is 0 Å². The van der Waals surface area contributed by atoms with Crippen molar-refractivity contribution in [3.8, 4) is 0 Å². The number of amidine groups is 1. The number of allylic oxidation sites excluding steroid dienone is 1. The number of carbonyl (C=O) groups excluding carboxylic acids is 4. The van der Waals surface area contributed by atoms with Gasteiger partial charge in [0.15, 0.2) is 24.7 Å². The third-order valence-electron chi connectivity index (χ3n) is 7.12. The third-order valence-corrected chi connectivity index (χ3v) is 7.12. The fraction of sp³-hybridized carbons (Fsp3) is 0.652. The van der Waals surface area contributed by atoms with Crippen LogP contribution < -0.4 is 5.32 Å². The maximum absolute atomic E-state index is 13.5. The number of rotatable bonds is 5. The molecule has 11 nitrogen and oxygen atoms in total. The Bertz CT molecular complexity index is 984. The van der Waals surface area contributed by atoms with Crippen LogP contribution in [0.25, 0.3) is 0 Å². The Morgan fingerprint density at radius 3 is 2.65 bits per heavy atom. The molecular weight excluding hydrogens is 440 g/mol. The van der Waals surface area contributed by atoms with Gasteiger partial charge in [-0.15, -0.1) is 0 Å². The van der Waals surface area contributed by atoms with E-state index >= 15 is 0 Å². The van der Waals surface area contributed by atoms with Crippen molar-refractivity contribution in [3.05, 3.63) is 12.3 Å². The Labute approximate surface area is 198 Å². The minimum atomic E-state index is -0.760.